The molecule has 9 heavy (non-hydrogen) atoms. The fraction of sp³-hybridized carbons (Fsp3) is 0. The Labute approximate surface area is 76.2 Å². The Balaban J connectivity index is 0.000000640. The van der Waals surface area contributed by atoms with Crippen LogP contribution in [-0.4, -0.2) is 15.1 Å². The minimum absolute atomic E-state index is 0. The first-order valence-corrected chi connectivity index (χ1v) is 2.75. The first-order valence-electron chi connectivity index (χ1n) is 1.95. The SMILES string of the molecule is Oc1ncc(Br)cn1.[Ag]. The number of rotatable bonds is 0. The van der Waals surface area contributed by atoms with Gasteiger partial charge in [0.1, 0.15) is 0 Å². The van der Waals surface area contributed by atoms with Crippen molar-refractivity contribution in [2.45, 2.75) is 0 Å². The number of aromatic hydroxyl groups is 1. The quantitative estimate of drug-likeness (QED) is 0.721. The molecule has 0 aliphatic rings. The van der Waals surface area contributed by atoms with Gasteiger partial charge in [0.2, 0.25) is 0 Å². The molecule has 0 aromatic carbocycles. The van der Waals surface area contributed by atoms with Crippen molar-refractivity contribution in [1.82, 2.24) is 9.97 Å². The summed E-state index contributed by atoms with van der Waals surface area (Å²) in [5, 5.41) is 8.51. The van der Waals surface area contributed by atoms with Crippen LogP contribution in [0, 0.1) is 0 Å². The van der Waals surface area contributed by atoms with Crippen LogP contribution in [0.2, 0.25) is 0 Å². The van der Waals surface area contributed by atoms with E-state index in [1.807, 2.05) is 0 Å². The minimum Gasteiger partial charge on any atom is -0.479 e. The molecule has 0 spiro atoms. The molecule has 1 N–H and O–H groups in total. The first kappa shape index (κ1) is 9.10. The molecule has 5 heteroatoms. The van der Waals surface area contributed by atoms with Gasteiger partial charge >= 0.3 is 6.01 Å². The molecular formula is C4H3AgBrN2O. The van der Waals surface area contributed by atoms with Crippen molar-refractivity contribution < 1.29 is 27.5 Å². The van der Waals surface area contributed by atoms with Crippen LogP contribution in [-0.2, 0) is 22.4 Å². The summed E-state index contributed by atoms with van der Waals surface area (Å²) >= 11 is 3.11. The fourth-order valence-electron chi connectivity index (χ4n) is 0.305. The Morgan fingerprint density at radius 2 is 1.78 bits per heavy atom. The van der Waals surface area contributed by atoms with Crippen LogP contribution in [0.5, 0.6) is 6.01 Å². The van der Waals surface area contributed by atoms with Gasteiger partial charge in [-0.15, -0.1) is 0 Å². The largest absolute Gasteiger partial charge is 0.479 e. The number of halogens is 1. The molecule has 0 saturated carbocycles. The van der Waals surface area contributed by atoms with Gasteiger partial charge in [0, 0.05) is 34.8 Å². The van der Waals surface area contributed by atoms with Crippen LogP contribution in [0.1, 0.15) is 0 Å². The number of aromatic nitrogens is 2. The molecular weight excluding hydrogens is 280 g/mol. The van der Waals surface area contributed by atoms with Crippen molar-refractivity contribution in [3.05, 3.63) is 16.9 Å². The Hall–Kier alpha value is 0.100. The summed E-state index contributed by atoms with van der Waals surface area (Å²) in [4.78, 5) is 6.95. The molecule has 1 radical (unpaired) electrons. The van der Waals surface area contributed by atoms with Crippen LogP contribution in [0.3, 0.4) is 0 Å². The van der Waals surface area contributed by atoms with Crippen LogP contribution >= 0.6 is 15.9 Å². The van der Waals surface area contributed by atoms with Crippen molar-refractivity contribution in [1.29, 1.82) is 0 Å². The third-order valence-electron chi connectivity index (χ3n) is 0.607. The third-order valence-corrected chi connectivity index (χ3v) is 1.02. The normalized spacial score (nSPS) is 8.11. The van der Waals surface area contributed by atoms with E-state index >= 15 is 0 Å². The zero-order valence-corrected chi connectivity index (χ0v) is 7.24. The average molecular weight is 283 g/mol. The number of hydrogen-bond donors (Lipinski definition) is 1. The maximum absolute atomic E-state index is 8.51. The molecule has 0 amide bonds. The monoisotopic (exact) mass is 281 g/mol. The minimum atomic E-state index is -0.201. The van der Waals surface area contributed by atoms with Crippen LogP contribution in [0.4, 0.5) is 0 Å². The zero-order chi connectivity index (χ0) is 5.98. The molecule has 0 fully saturated rings. The first-order chi connectivity index (χ1) is 3.79. The molecule has 0 atom stereocenters. The van der Waals surface area contributed by atoms with Crippen LogP contribution in [0.25, 0.3) is 0 Å². The Bertz CT molecular complexity index is 157. The summed E-state index contributed by atoms with van der Waals surface area (Å²) in [5.41, 5.74) is 0. The molecule has 1 rings (SSSR count). The van der Waals surface area contributed by atoms with Gasteiger partial charge in [0.15, 0.2) is 0 Å². The Morgan fingerprint density at radius 3 is 2.11 bits per heavy atom. The Kier molecular flexibility index (Phi) is 4.05. The van der Waals surface area contributed by atoms with E-state index in [4.69, 9.17) is 5.11 Å². The number of hydrogen-bond acceptors (Lipinski definition) is 3. The molecule has 0 aliphatic heterocycles. The molecule has 1 aromatic heterocycles. The predicted octanol–water partition coefficient (Wildman–Crippen LogP) is 0.942. The van der Waals surface area contributed by atoms with E-state index in [0.717, 1.165) is 4.47 Å². The van der Waals surface area contributed by atoms with E-state index in [1.165, 1.54) is 12.4 Å². The van der Waals surface area contributed by atoms with Crippen LogP contribution < -0.4 is 0 Å². The van der Waals surface area contributed by atoms with Crippen molar-refractivity contribution in [3.8, 4) is 6.01 Å². The molecule has 0 aliphatic carbocycles. The van der Waals surface area contributed by atoms with E-state index in [9.17, 15) is 0 Å². The fourth-order valence-corrected chi connectivity index (χ4v) is 0.510. The molecule has 0 saturated heterocycles. The summed E-state index contributed by atoms with van der Waals surface area (Å²) < 4.78 is 0.760. The van der Waals surface area contributed by atoms with Crippen molar-refractivity contribution in [2.75, 3.05) is 0 Å². The van der Waals surface area contributed by atoms with Gasteiger partial charge in [0.25, 0.3) is 0 Å². The smallest absolute Gasteiger partial charge is 0.313 e. The summed E-state index contributed by atoms with van der Waals surface area (Å²) in [6, 6.07) is -0.201. The van der Waals surface area contributed by atoms with Gasteiger partial charge in [0.05, 0.1) is 4.47 Å². The standard InChI is InChI=1S/C4H3BrN2O.Ag/c5-3-1-6-4(8)7-2-3;/h1-2H,(H,6,7,8);. The van der Waals surface area contributed by atoms with E-state index < -0.39 is 0 Å². The summed E-state index contributed by atoms with van der Waals surface area (Å²) in [6.07, 6.45) is 2.95. The summed E-state index contributed by atoms with van der Waals surface area (Å²) in [5.74, 6) is 0. The molecule has 1 heterocycles. The maximum atomic E-state index is 8.51. The second-order valence-electron chi connectivity index (χ2n) is 1.20. The van der Waals surface area contributed by atoms with Gasteiger partial charge < -0.3 is 5.11 Å². The Morgan fingerprint density at radius 1 is 1.33 bits per heavy atom. The van der Waals surface area contributed by atoms with E-state index in [0.29, 0.717) is 0 Å². The van der Waals surface area contributed by atoms with Crippen molar-refractivity contribution >= 4 is 15.9 Å². The molecule has 0 unspecified atom stereocenters. The van der Waals surface area contributed by atoms with Gasteiger partial charge in [-0.1, -0.05) is 0 Å². The van der Waals surface area contributed by atoms with Crippen molar-refractivity contribution in [3.63, 3.8) is 0 Å². The topological polar surface area (TPSA) is 46.0 Å². The van der Waals surface area contributed by atoms with E-state index in [-0.39, 0.29) is 28.4 Å². The molecule has 0 bridgehead atoms. The second-order valence-corrected chi connectivity index (χ2v) is 2.12. The second kappa shape index (κ2) is 4.00. The summed E-state index contributed by atoms with van der Waals surface area (Å²) in [6.45, 7) is 0. The molecule has 53 valence electrons. The zero-order valence-electron chi connectivity index (χ0n) is 4.18. The van der Waals surface area contributed by atoms with Gasteiger partial charge in [-0.3, -0.25) is 0 Å². The predicted molar refractivity (Wildman–Crippen MR) is 31.4 cm³/mol. The van der Waals surface area contributed by atoms with Crippen LogP contribution in [0.15, 0.2) is 16.9 Å². The third kappa shape index (κ3) is 2.95. The number of nitrogens with zero attached hydrogens (tertiary/aromatic N) is 2. The van der Waals surface area contributed by atoms with Gasteiger partial charge in [-0.05, 0) is 15.9 Å². The molecule has 1 aromatic rings. The average Bonchev–Trinajstić information content (AvgIpc) is 1.77. The van der Waals surface area contributed by atoms with E-state index in [1.54, 1.807) is 0 Å². The summed E-state index contributed by atoms with van der Waals surface area (Å²) in [7, 11) is 0. The van der Waals surface area contributed by atoms with Gasteiger partial charge in [-0.25, -0.2) is 9.97 Å². The van der Waals surface area contributed by atoms with E-state index in [2.05, 4.69) is 25.9 Å². The van der Waals surface area contributed by atoms with Gasteiger partial charge in [-0.2, -0.15) is 0 Å². The maximum Gasteiger partial charge on any atom is 0.313 e. The van der Waals surface area contributed by atoms with Crippen molar-refractivity contribution in [2.24, 2.45) is 0 Å². The molecule has 3 nitrogen and oxygen atoms in total.